The number of nitrogens with zero attached hydrogens (tertiary/aromatic N) is 1. The molecule has 1 aromatic rings. The maximum Gasteiger partial charge on any atom is 0.288 e. The molecule has 0 saturated heterocycles. The lowest BCUT2D eigenvalue weighted by atomic mass is 9.80. The van der Waals surface area contributed by atoms with E-state index in [0.29, 0.717) is 23.8 Å². The van der Waals surface area contributed by atoms with Gasteiger partial charge >= 0.3 is 0 Å². The lowest BCUT2D eigenvalue weighted by molar-refractivity contribution is -0.170. The van der Waals surface area contributed by atoms with Gasteiger partial charge in [0, 0.05) is 43.2 Å². The summed E-state index contributed by atoms with van der Waals surface area (Å²) in [4.78, 5) is 15.2. The summed E-state index contributed by atoms with van der Waals surface area (Å²) in [5.74, 6) is 0.250. The van der Waals surface area contributed by atoms with Gasteiger partial charge in [0.2, 0.25) is 6.29 Å². The Hall–Kier alpha value is -1.56. The summed E-state index contributed by atoms with van der Waals surface area (Å²) in [6.07, 6.45) is 8.49. The lowest BCUT2D eigenvalue weighted by Crippen LogP contribution is -2.43. The average Bonchev–Trinajstić information content (AvgIpc) is 2.78. The van der Waals surface area contributed by atoms with Crippen molar-refractivity contribution in [2.24, 2.45) is 5.92 Å². The number of hydrogen-bond acceptors (Lipinski definition) is 4. The molecule has 1 aromatic carbocycles. The second-order valence-electron chi connectivity index (χ2n) is 8.29. The van der Waals surface area contributed by atoms with Crippen molar-refractivity contribution in [1.82, 2.24) is 4.90 Å². The number of carbonyl (C=O) groups is 1. The van der Waals surface area contributed by atoms with Crippen LogP contribution in [0.1, 0.15) is 63.4 Å². The number of hydrogen-bond donors (Lipinski definition) is 1. The van der Waals surface area contributed by atoms with Crippen molar-refractivity contribution in [3.8, 4) is 0 Å². The molecule has 0 spiro atoms. The maximum absolute atomic E-state index is 13.3. The number of ether oxygens (including phenoxy) is 2. The molecule has 5 nitrogen and oxygen atoms in total. The number of aliphatic hydroxyl groups is 1. The Morgan fingerprint density at radius 2 is 1.93 bits per heavy atom. The SMILES string of the molecule is CCO[C@H]1OC(C(=O)N(C)C2CCCCC2)=C[C@@H](c2ccc(Cl)cc2)[C@H]1CCCO. The first kappa shape index (κ1) is 23.1. The van der Waals surface area contributed by atoms with Gasteiger partial charge < -0.3 is 19.5 Å². The van der Waals surface area contributed by atoms with Gasteiger partial charge in [0.05, 0.1) is 0 Å². The number of aliphatic hydroxyl groups excluding tert-OH is 1. The Morgan fingerprint density at radius 1 is 1.23 bits per heavy atom. The van der Waals surface area contributed by atoms with E-state index in [4.69, 9.17) is 21.1 Å². The monoisotopic (exact) mass is 435 g/mol. The fraction of sp³-hybridized carbons (Fsp3) is 0.625. The van der Waals surface area contributed by atoms with Crippen LogP contribution >= 0.6 is 11.6 Å². The van der Waals surface area contributed by atoms with Crippen LogP contribution in [0.25, 0.3) is 0 Å². The minimum absolute atomic E-state index is 0.00909. The third kappa shape index (κ3) is 5.57. The average molecular weight is 436 g/mol. The Bertz CT molecular complexity index is 714. The van der Waals surface area contributed by atoms with Gasteiger partial charge in [-0.05, 0) is 56.4 Å². The molecule has 0 aromatic heterocycles. The van der Waals surface area contributed by atoms with E-state index in [-0.39, 0.29) is 30.4 Å². The molecular weight excluding hydrogens is 402 g/mol. The first-order chi connectivity index (χ1) is 14.5. The molecule has 0 bridgehead atoms. The standard InChI is InChI=1S/C24H34ClNO4/c1-3-29-24-20(10-7-15-27)21(17-11-13-18(25)14-12-17)16-22(30-24)23(28)26(2)19-8-5-4-6-9-19/h11-14,16,19-21,24,27H,3-10,15H2,1-2H3/t20-,21+,24+/m1/s1. The van der Waals surface area contributed by atoms with Crippen LogP contribution in [0, 0.1) is 5.92 Å². The molecule has 1 fully saturated rings. The Morgan fingerprint density at radius 3 is 2.57 bits per heavy atom. The highest BCUT2D eigenvalue weighted by Gasteiger charge is 2.39. The highest BCUT2D eigenvalue weighted by molar-refractivity contribution is 6.30. The van der Waals surface area contributed by atoms with Crippen molar-refractivity contribution in [2.45, 2.75) is 70.1 Å². The zero-order chi connectivity index (χ0) is 21.5. The van der Waals surface area contributed by atoms with E-state index in [1.54, 1.807) is 0 Å². The third-order valence-corrected chi connectivity index (χ3v) is 6.57. The van der Waals surface area contributed by atoms with Gasteiger partial charge in [-0.2, -0.15) is 0 Å². The van der Waals surface area contributed by atoms with E-state index in [1.807, 2.05) is 49.2 Å². The minimum atomic E-state index is -0.522. The Kier molecular flexibility index (Phi) is 8.61. The molecule has 1 heterocycles. The fourth-order valence-electron chi connectivity index (χ4n) is 4.63. The van der Waals surface area contributed by atoms with Gasteiger partial charge in [-0.25, -0.2) is 0 Å². The van der Waals surface area contributed by atoms with Gasteiger partial charge in [-0.15, -0.1) is 0 Å². The van der Waals surface area contributed by atoms with Crippen molar-refractivity contribution >= 4 is 17.5 Å². The minimum Gasteiger partial charge on any atom is -0.459 e. The summed E-state index contributed by atoms with van der Waals surface area (Å²) in [5.41, 5.74) is 1.07. The van der Waals surface area contributed by atoms with Gasteiger partial charge in [0.1, 0.15) is 0 Å². The van der Waals surface area contributed by atoms with E-state index in [9.17, 15) is 9.90 Å². The number of likely N-dealkylation sites (N-methyl/N-ethyl adjacent to an activating group) is 1. The third-order valence-electron chi connectivity index (χ3n) is 6.32. The molecule has 0 radical (unpaired) electrons. The molecule has 2 aliphatic rings. The van der Waals surface area contributed by atoms with Crippen LogP contribution < -0.4 is 0 Å². The molecule has 3 atom stereocenters. The summed E-state index contributed by atoms with van der Waals surface area (Å²) in [7, 11) is 1.88. The predicted molar refractivity (Wildman–Crippen MR) is 118 cm³/mol. The summed E-state index contributed by atoms with van der Waals surface area (Å²) < 4.78 is 12.1. The second kappa shape index (κ2) is 11.2. The van der Waals surface area contributed by atoms with Gasteiger partial charge in [-0.1, -0.05) is 43.0 Å². The van der Waals surface area contributed by atoms with Crippen molar-refractivity contribution in [3.05, 3.63) is 46.7 Å². The van der Waals surface area contributed by atoms with Crippen LogP contribution in [-0.4, -0.2) is 48.5 Å². The number of halogens is 1. The normalized spacial score (nSPS) is 24.8. The van der Waals surface area contributed by atoms with Crippen molar-refractivity contribution < 1.29 is 19.4 Å². The van der Waals surface area contributed by atoms with E-state index < -0.39 is 6.29 Å². The topological polar surface area (TPSA) is 59.0 Å². The maximum atomic E-state index is 13.3. The predicted octanol–water partition coefficient (Wildman–Crippen LogP) is 4.88. The molecule has 1 aliphatic heterocycles. The molecular formula is C24H34ClNO4. The van der Waals surface area contributed by atoms with E-state index in [0.717, 1.165) is 24.8 Å². The van der Waals surface area contributed by atoms with Gasteiger partial charge in [0.15, 0.2) is 5.76 Å². The molecule has 0 unspecified atom stereocenters. The van der Waals surface area contributed by atoms with E-state index in [1.165, 1.54) is 19.3 Å². The van der Waals surface area contributed by atoms with Gasteiger partial charge in [0.25, 0.3) is 5.91 Å². The van der Waals surface area contributed by atoms with Crippen molar-refractivity contribution in [3.63, 3.8) is 0 Å². The number of amides is 1. The summed E-state index contributed by atoms with van der Waals surface area (Å²) in [5, 5.41) is 10.1. The van der Waals surface area contributed by atoms with Crippen LogP contribution in [0.5, 0.6) is 0 Å². The molecule has 1 saturated carbocycles. The van der Waals surface area contributed by atoms with Crippen LogP contribution in [0.3, 0.4) is 0 Å². The first-order valence-electron chi connectivity index (χ1n) is 11.2. The quantitative estimate of drug-likeness (QED) is 0.632. The summed E-state index contributed by atoms with van der Waals surface area (Å²) in [6.45, 7) is 2.54. The number of rotatable bonds is 8. The highest BCUT2D eigenvalue weighted by Crippen LogP contribution is 2.40. The Balaban J connectivity index is 1.90. The molecule has 3 rings (SSSR count). The van der Waals surface area contributed by atoms with E-state index in [2.05, 4.69) is 0 Å². The summed E-state index contributed by atoms with van der Waals surface area (Å²) >= 11 is 6.10. The molecule has 6 heteroatoms. The van der Waals surface area contributed by atoms with Crippen LogP contribution in [0.15, 0.2) is 36.1 Å². The fourth-order valence-corrected chi connectivity index (χ4v) is 4.76. The molecule has 1 amide bonds. The van der Waals surface area contributed by atoms with Gasteiger partial charge in [-0.3, -0.25) is 4.79 Å². The van der Waals surface area contributed by atoms with Crippen LogP contribution in [0.2, 0.25) is 5.02 Å². The lowest BCUT2D eigenvalue weighted by Gasteiger charge is -2.39. The summed E-state index contributed by atoms with van der Waals surface area (Å²) in [6, 6.07) is 8.00. The van der Waals surface area contributed by atoms with E-state index >= 15 is 0 Å². The van der Waals surface area contributed by atoms with Crippen LogP contribution in [0.4, 0.5) is 0 Å². The van der Waals surface area contributed by atoms with Crippen molar-refractivity contribution in [2.75, 3.05) is 20.3 Å². The largest absolute Gasteiger partial charge is 0.459 e. The smallest absolute Gasteiger partial charge is 0.288 e. The highest BCUT2D eigenvalue weighted by atomic mass is 35.5. The zero-order valence-corrected chi connectivity index (χ0v) is 18.8. The zero-order valence-electron chi connectivity index (χ0n) is 18.1. The molecule has 1 N–H and O–H groups in total. The number of carbonyl (C=O) groups excluding carboxylic acids is 1. The first-order valence-corrected chi connectivity index (χ1v) is 11.6. The number of benzene rings is 1. The Labute approximate surface area is 185 Å². The molecule has 30 heavy (non-hydrogen) atoms. The number of allylic oxidation sites excluding steroid dienone is 1. The second-order valence-corrected chi connectivity index (χ2v) is 8.72. The van der Waals surface area contributed by atoms with Crippen molar-refractivity contribution in [1.29, 1.82) is 0 Å². The molecule has 1 aliphatic carbocycles. The van der Waals surface area contributed by atoms with Crippen LogP contribution in [-0.2, 0) is 14.3 Å². The molecule has 166 valence electrons.